The molecule has 2 heterocycles. The molecule has 136 valence electrons. The second-order valence-corrected chi connectivity index (χ2v) is 7.24. The maximum Gasteiger partial charge on any atom is 0.253 e. The Morgan fingerprint density at radius 3 is 2.00 bits per heavy atom. The zero-order valence-corrected chi connectivity index (χ0v) is 15.0. The summed E-state index contributed by atoms with van der Waals surface area (Å²) in [7, 11) is 0. The second-order valence-electron chi connectivity index (χ2n) is 7.24. The van der Waals surface area contributed by atoms with E-state index < -0.39 is 0 Å². The van der Waals surface area contributed by atoms with Crippen molar-refractivity contribution in [3.05, 3.63) is 54.4 Å². The molecule has 1 aliphatic heterocycles. The van der Waals surface area contributed by atoms with Crippen LogP contribution in [0.4, 0.5) is 0 Å². The van der Waals surface area contributed by atoms with E-state index in [0.717, 1.165) is 18.5 Å². The molecule has 0 radical (unpaired) electrons. The summed E-state index contributed by atoms with van der Waals surface area (Å²) in [4.78, 5) is 29.1. The van der Waals surface area contributed by atoms with Crippen LogP contribution in [0, 0.1) is 5.92 Å². The smallest absolute Gasteiger partial charge is 0.253 e. The average molecular weight is 351 g/mol. The molecule has 2 fully saturated rings. The van der Waals surface area contributed by atoms with Gasteiger partial charge < -0.3 is 14.4 Å². The first kappa shape index (κ1) is 16.9. The Morgan fingerprint density at radius 1 is 0.808 bits per heavy atom. The first-order valence-corrected chi connectivity index (χ1v) is 9.54. The van der Waals surface area contributed by atoms with E-state index in [4.69, 9.17) is 0 Å². The molecular formula is C21H25N3O2. The van der Waals surface area contributed by atoms with Crippen molar-refractivity contribution < 1.29 is 9.59 Å². The molecule has 0 N–H and O–H groups in total. The number of hydrogen-bond donors (Lipinski definition) is 0. The van der Waals surface area contributed by atoms with Crippen LogP contribution < -0.4 is 0 Å². The van der Waals surface area contributed by atoms with Gasteiger partial charge in [0.15, 0.2) is 0 Å². The van der Waals surface area contributed by atoms with E-state index >= 15 is 0 Å². The third kappa shape index (κ3) is 3.39. The molecule has 2 amide bonds. The van der Waals surface area contributed by atoms with Crippen molar-refractivity contribution in [3.8, 4) is 5.69 Å². The van der Waals surface area contributed by atoms with Crippen LogP contribution in [0.3, 0.4) is 0 Å². The highest BCUT2D eigenvalue weighted by atomic mass is 16.2. The minimum atomic E-state index is 0.0528. The monoisotopic (exact) mass is 351 g/mol. The van der Waals surface area contributed by atoms with Gasteiger partial charge in [-0.2, -0.15) is 0 Å². The Labute approximate surface area is 154 Å². The number of rotatable bonds is 3. The molecule has 1 aromatic carbocycles. The van der Waals surface area contributed by atoms with Gasteiger partial charge in [0.05, 0.1) is 0 Å². The summed E-state index contributed by atoms with van der Waals surface area (Å²) < 4.78 is 2.02. The van der Waals surface area contributed by atoms with Gasteiger partial charge in [-0.3, -0.25) is 9.59 Å². The summed E-state index contributed by atoms with van der Waals surface area (Å²) in [6.07, 6.45) is 8.38. The van der Waals surface area contributed by atoms with Gasteiger partial charge in [0.25, 0.3) is 5.91 Å². The highest BCUT2D eigenvalue weighted by molar-refractivity contribution is 5.94. The molecule has 26 heavy (non-hydrogen) atoms. The van der Waals surface area contributed by atoms with Gasteiger partial charge >= 0.3 is 0 Å². The van der Waals surface area contributed by atoms with Crippen LogP contribution in [-0.4, -0.2) is 52.4 Å². The summed E-state index contributed by atoms with van der Waals surface area (Å²) >= 11 is 0. The number of carbonyl (C=O) groups is 2. The van der Waals surface area contributed by atoms with Gasteiger partial charge in [0, 0.05) is 55.7 Å². The minimum absolute atomic E-state index is 0.0528. The molecule has 0 bridgehead atoms. The summed E-state index contributed by atoms with van der Waals surface area (Å²) in [6, 6.07) is 11.7. The largest absolute Gasteiger partial charge is 0.339 e. The third-order valence-corrected chi connectivity index (χ3v) is 5.60. The Hall–Kier alpha value is -2.56. The maximum atomic E-state index is 12.7. The van der Waals surface area contributed by atoms with Crippen molar-refractivity contribution in [2.45, 2.75) is 25.7 Å². The minimum Gasteiger partial charge on any atom is -0.339 e. The number of nitrogens with zero attached hydrogens (tertiary/aromatic N) is 3. The van der Waals surface area contributed by atoms with Gasteiger partial charge in [0.1, 0.15) is 0 Å². The lowest BCUT2D eigenvalue weighted by Gasteiger charge is -2.36. The molecule has 1 saturated carbocycles. The molecular weight excluding hydrogens is 326 g/mol. The van der Waals surface area contributed by atoms with Crippen LogP contribution in [-0.2, 0) is 4.79 Å². The lowest BCUT2D eigenvalue weighted by molar-refractivity contribution is -0.136. The first-order chi connectivity index (χ1) is 12.7. The Kier molecular flexibility index (Phi) is 4.78. The van der Waals surface area contributed by atoms with Gasteiger partial charge in [-0.15, -0.1) is 0 Å². The number of benzene rings is 1. The van der Waals surface area contributed by atoms with Crippen molar-refractivity contribution in [3.63, 3.8) is 0 Å². The molecule has 2 aliphatic rings. The van der Waals surface area contributed by atoms with Crippen LogP contribution >= 0.6 is 0 Å². The van der Waals surface area contributed by atoms with Gasteiger partial charge in [0.2, 0.25) is 5.91 Å². The van der Waals surface area contributed by atoms with Crippen molar-refractivity contribution >= 4 is 11.8 Å². The van der Waals surface area contributed by atoms with E-state index in [1.54, 1.807) is 0 Å². The zero-order valence-electron chi connectivity index (χ0n) is 15.0. The Balaban J connectivity index is 1.35. The van der Waals surface area contributed by atoms with Crippen LogP contribution in [0.1, 0.15) is 36.0 Å². The molecule has 0 spiro atoms. The number of amides is 2. The van der Waals surface area contributed by atoms with E-state index in [0.29, 0.717) is 37.6 Å². The van der Waals surface area contributed by atoms with E-state index in [2.05, 4.69) is 0 Å². The first-order valence-electron chi connectivity index (χ1n) is 9.54. The van der Waals surface area contributed by atoms with Crippen molar-refractivity contribution in [1.82, 2.24) is 14.4 Å². The number of piperazine rings is 1. The molecule has 0 atom stereocenters. The van der Waals surface area contributed by atoms with E-state index in [1.165, 1.54) is 12.8 Å². The number of carbonyl (C=O) groups excluding carboxylic acids is 2. The van der Waals surface area contributed by atoms with Crippen LogP contribution in [0.25, 0.3) is 5.69 Å². The summed E-state index contributed by atoms with van der Waals surface area (Å²) in [5.41, 5.74) is 1.75. The van der Waals surface area contributed by atoms with Crippen LogP contribution in [0.15, 0.2) is 48.8 Å². The summed E-state index contributed by atoms with van der Waals surface area (Å²) in [6.45, 7) is 2.55. The molecule has 1 aromatic heterocycles. The van der Waals surface area contributed by atoms with Crippen molar-refractivity contribution in [2.75, 3.05) is 26.2 Å². The lowest BCUT2D eigenvalue weighted by Crippen LogP contribution is -2.51. The predicted octanol–water partition coefficient (Wildman–Crippen LogP) is 2.95. The van der Waals surface area contributed by atoms with Crippen LogP contribution in [0.5, 0.6) is 0 Å². The highest BCUT2D eigenvalue weighted by Crippen LogP contribution is 2.27. The Morgan fingerprint density at radius 2 is 1.38 bits per heavy atom. The molecule has 4 rings (SSSR count). The summed E-state index contributed by atoms with van der Waals surface area (Å²) in [5, 5.41) is 0. The van der Waals surface area contributed by atoms with Gasteiger partial charge in [-0.1, -0.05) is 12.8 Å². The molecule has 2 aromatic rings. The quantitative estimate of drug-likeness (QED) is 0.853. The second kappa shape index (κ2) is 7.36. The van der Waals surface area contributed by atoms with E-state index in [1.807, 2.05) is 63.2 Å². The fourth-order valence-electron chi connectivity index (χ4n) is 4.03. The molecule has 5 nitrogen and oxygen atoms in total. The molecule has 5 heteroatoms. The molecule has 1 aliphatic carbocycles. The maximum absolute atomic E-state index is 12.7. The molecule has 0 unspecified atom stereocenters. The number of aromatic nitrogens is 1. The molecule has 1 saturated heterocycles. The number of hydrogen-bond acceptors (Lipinski definition) is 2. The zero-order chi connectivity index (χ0) is 17.9. The van der Waals surface area contributed by atoms with Gasteiger partial charge in [-0.05, 0) is 49.2 Å². The predicted molar refractivity (Wildman–Crippen MR) is 100 cm³/mol. The van der Waals surface area contributed by atoms with Crippen molar-refractivity contribution in [1.29, 1.82) is 0 Å². The van der Waals surface area contributed by atoms with Gasteiger partial charge in [-0.25, -0.2) is 0 Å². The SMILES string of the molecule is O=C(c1ccc(-n2cccc2)cc1)N1CCN(C(=O)C2CCCC2)CC1. The van der Waals surface area contributed by atoms with Crippen molar-refractivity contribution in [2.24, 2.45) is 5.92 Å². The normalized spacial score (nSPS) is 18.3. The van der Waals surface area contributed by atoms with E-state index in [9.17, 15) is 9.59 Å². The van der Waals surface area contributed by atoms with Crippen LogP contribution in [0.2, 0.25) is 0 Å². The summed E-state index contributed by atoms with van der Waals surface area (Å²) in [5.74, 6) is 0.571. The Bertz CT molecular complexity index is 753. The fourth-order valence-corrected chi connectivity index (χ4v) is 4.03. The standard InChI is InChI=1S/C21H25N3O2/c25-20(17-5-1-2-6-17)23-13-15-24(16-14-23)21(26)18-7-9-19(10-8-18)22-11-3-4-12-22/h3-4,7-12,17H,1-2,5-6,13-16H2. The fraction of sp³-hybridized carbons (Fsp3) is 0.429. The van der Waals surface area contributed by atoms with E-state index in [-0.39, 0.29) is 11.8 Å². The average Bonchev–Trinajstić information content (AvgIpc) is 3.41. The lowest BCUT2D eigenvalue weighted by atomic mass is 10.1. The third-order valence-electron chi connectivity index (χ3n) is 5.60. The topological polar surface area (TPSA) is 45.6 Å². The highest BCUT2D eigenvalue weighted by Gasteiger charge is 2.30.